The highest BCUT2D eigenvalue weighted by molar-refractivity contribution is 7.91. The maximum atomic E-state index is 14.0. The second-order valence-electron chi connectivity index (χ2n) is 10.3. The van der Waals surface area contributed by atoms with E-state index in [0.29, 0.717) is 34.2 Å². The number of carboxylic acid groups (broad SMARTS) is 1. The number of hydrogen-bond donors (Lipinski definition) is 3. The Labute approximate surface area is 232 Å². The summed E-state index contributed by atoms with van der Waals surface area (Å²) in [5.41, 5.74) is -0.397. The topological polar surface area (TPSA) is 174 Å². The van der Waals surface area contributed by atoms with Gasteiger partial charge in [-0.1, -0.05) is 38.1 Å². The van der Waals surface area contributed by atoms with Crippen molar-refractivity contribution in [1.82, 2.24) is 4.31 Å². The average molecular weight is 591 g/mol. The zero-order valence-electron chi connectivity index (χ0n) is 22.5. The van der Waals surface area contributed by atoms with Crippen LogP contribution in [0.25, 0.3) is 5.76 Å². The number of sulfonamides is 1. The Morgan fingerprint density at radius 3 is 2.42 bits per heavy atom. The predicted octanol–water partition coefficient (Wildman–Crippen LogP) is 3.74. The molecule has 0 bridgehead atoms. The van der Waals surface area contributed by atoms with Crippen LogP contribution in [0.1, 0.15) is 44.7 Å². The van der Waals surface area contributed by atoms with Gasteiger partial charge in [-0.15, -0.1) is 4.40 Å². The van der Waals surface area contributed by atoms with Gasteiger partial charge in [0, 0.05) is 19.7 Å². The van der Waals surface area contributed by atoms with E-state index in [9.17, 15) is 31.5 Å². The summed E-state index contributed by atoms with van der Waals surface area (Å²) in [6.45, 7) is 5.83. The fourth-order valence-corrected chi connectivity index (χ4v) is 6.81. The van der Waals surface area contributed by atoms with Gasteiger partial charge in [-0.05, 0) is 49.4 Å². The Hall–Kier alpha value is -3.91. The summed E-state index contributed by atoms with van der Waals surface area (Å²) in [7, 11) is -7.09. The second-order valence-corrected chi connectivity index (χ2v) is 13.9. The number of rotatable bonds is 7. The number of nitrogens with one attached hydrogen (secondary N) is 1. The van der Waals surface area contributed by atoms with Crippen LogP contribution in [0.5, 0.6) is 0 Å². The van der Waals surface area contributed by atoms with Gasteiger partial charge in [0.2, 0.25) is 0 Å². The zero-order chi connectivity index (χ0) is 29.8. The van der Waals surface area contributed by atoms with Crippen molar-refractivity contribution in [3.05, 3.63) is 59.2 Å². The molecule has 1 amide bonds. The molecule has 40 heavy (non-hydrogen) atoms. The lowest BCUT2D eigenvalue weighted by molar-refractivity contribution is -0.120. The van der Waals surface area contributed by atoms with Gasteiger partial charge in [0.05, 0.1) is 16.8 Å². The Balaban J connectivity index is 1.80. The summed E-state index contributed by atoms with van der Waals surface area (Å²) in [6.07, 6.45) is -0.550. The zero-order valence-corrected chi connectivity index (χ0v) is 24.2. The van der Waals surface area contributed by atoms with Crippen LogP contribution in [0.2, 0.25) is 0 Å². The Kier molecular flexibility index (Phi) is 7.22. The number of aliphatic hydroxyl groups is 1. The maximum Gasteiger partial charge on any atom is 0.422 e. The summed E-state index contributed by atoms with van der Waals surface area (Å²) in [6, 6.07) is 10.5. The molecule has 0 saturated heterocycles. The third-order valence-corrected chi connectivity index (χ3v) is 10.3. The number of nitrogens with zero attached hydrogens (tertiary/aromatic N) is 3. The normalized spacial score (nSPS) is 19.9. The molecule has 214 valence electrons. The lowest BCUT2D eigenvalue weighted by Crippen LogP contribution is -2.43. The molecule has 1 heterocycles. The first-order valence-corrected chi connectivity index (χ1v) is 15.2. The maximum absolute atomic E-state index is 14.0. The summed E-state index contributed by atoms with van der Waals surface area (Å²) in [4.78, 5) is 24.8. The average Bonchev–Trinajstić information content (AvgIpc) is 2.89. The van der Waals surface area contributed by atoms with E-state index >= 15 is 0 Å². The molecule has 14 heteroatoms. The van der Waals surface area contributed by atoms with Crippen molar-refractivity contribution in [2.75, 3.05) is 23.7 Å². The van der Waals surface area contributed by atoms with E-state index in [-0.39, 0.29) is 32.0 Å². The minimum atomic E-state index is -4.52. The second kappa shape index (κ2) is 9.93. The van der Waals surface area contributed by atoms with Gasteiger partial charge in [0.15, 0.2) is 11.6 Å². The molecule has 1 aliphatic carbocycles. The van der Waals surface area contributed by atoms with E-state index < -0.39 is 43.3 Å². The van der Waals surface area contributed by atoms with Crippen molar-refractivity contribution in [2.45, 2.75) is 43.9 Å². The molecule has 0 fully saturated rings. The highest BCUT2D eigenvalue weighted by Gasteiger charge is 2.46. The lowest BCUT2D eigenvalue weighted by atomic mass is 9.66. The van der Waals surface area contributed by atoms with Crippen molar-refractivity contribution < 1.29 is 36.6 Å². The fraction of sp³-hybridized carbons (Fsp3) is 0.346. The van der Waals surface area contributed by atoms with Gasteiger partial charge >= 0.3 is 16.3 Å². The Morgan fingerprint density at radius 1 is 1.15 bits per heavy atom. The number of Topliss-reactive ketones (excluding diaryl/α,β-unsaturated/α-hetero) is 1. The molecule has 0 radical (unpaired) electrons. The number of aliphatic hydroxyl groups excluding tert-OH is 1. The smallest absolute Gasteiger partial charge is 0.422 e. The minimum absolute atomic E-state index is 0.00183. The molecule has 12 nitrogen and oxygen atoms in total. The van der Waals surface area contributed by atoms with Crippen molar-refractivity contribution in [2.24, 2.45) is 10.3 Å². The van der Waals surface area contributed by atoms with Crippen molar-refractivity contribution in [3.63, 3.8) is 0 Å². The molecule has 0 aromatic heterocycles. The quantitative estimate of drug-likeness (QED) is 0.434. The first-order valence-electron chi connectivity index (χ1n) is 12.3. The Bertz CT molecular complexity index is 1700. The van der Waals surface area contributed by atoms with Crippen LogP contribution in [-0.2, 0) is 30.4 Å². The van der Waals surface area contributed by atoms with E-state index in [2.05, 4.69) is 9.71 Å². The van der Waals surface area contributed by atoms with Gasteiger partial charge < -0.3 is 15.5 Å². The summed E-state index contributed by atoms with van der Waals surface area (Å²) in [5, 5.41) is 23.1. The largest absolute Gasteiger partial charge is 0.506 e. The van der Waals surface area contributed by atoms with Crippen LogP contribution < -0.4 is 9.62 Å². The number of amides is 1. The SMILES string of the molecule is CC(C)CCC1(C)C(=O)C(C2=NS(=O)(=O)c3cc(N(C)S(=O)(=O)N(C)C(=O)O)ccc3N2)=C(O)c2ccccc21. The van der Waals surface area contributed by atoms with E-state index in [1.807, 2.05) is 13.8 Å². The summed E-state index contributed by atoms with van der Waals surface area (Å²) in [5.74, 6) is -0.928. The number of ketones is 1. The van der Waals surface area contributed by atoms with Crippen LogP contribution >= 0.6 is 0 Å². The predicted molar refractivity (Wildman–Crippen MR) is 150 cm³/mol. The molecule has 1 atom stereocenters. The number of carbonyl (C=O) groups is 2. The molecule has 4 rings (SSSR count). The summed E-state index contributed by atoms with van der Waals surface area (Å²) >= 11 is 0. The lowest BCUT2D eigenvalue weighted by Gasteiger charge is -2.36. The molecular weight excluding hydrogens is 560 g/mol. The molecule has 0 spiro atoms. The third-order valence-electron chi connectivity index (χ3n) is 7.23. The van der Waals surface area contributed by atoms with Gasteiger partial charge in [-0.3, -0.25) is 9.10 Å². The van der Waals surface area contributed by atoms with Gasteiger partial charge in [0.1, 0.15) is 16.2 Å². The van der Waals surface area contributed by atoms with E-state index in [4.69, 9.17) is 5.11 Å². The van der Waals surface area contributed by atoms with Crippen molar-refractivity contribution in [3.8, 4) is 0 Å². The van der Waals surface area contributed by atoms with Gasteiger partial charge in [0.25, 0.3) is 10.0 Å². The number of carbonyl (C=O) groups excluding carboxylic acids is 1. The number of anilines is 2. The first kappa shape index (κ1) is 29.1. The molecule has 2 aliphatic rings. The molecule has 0 saturated carbocycles. The van der Waals surface area contributed by atoms with E-state index in [1.54, 1.807) is 31.2 Å². The van der Waals surface area contributed by atoms with E-state index in [1.165, 1.54) is 12.1 Å². The van der Waals surface area contributed by atoms with Crippen LogP contribution in [0.3, 0.4) is 0 Å². The molecular formula is C26H30N4O8S2. The third kappa shape index (κ3) is 4.70. The molecule has 2 aromatic rings. The Morgan fingerprint density at radius 2 is 1.80 bits per heavy atom. The highest BCUT2D eigenvalue weighted by atomic mass is 32.2. The number of benzene rings is 2. The van der Waals surface area contributed by atoms with Gasteiger partial charge in [-0.2, -0.15) is 21.1 Å². The van der Waals surface area contributed by atoms with Crippen LogP contribution in [-0.4, -0.2) is 63.2 Å². The number of hydrogen-bond acceptors (Lipinski definition) is 8. The summed E-state index contributed by atoms with van der Waals surface area (Å²) < 4.78 is 56.3. The number of fused-ring (bicyclic) bond motifs is 2. The van der Waals surface area contributed by atoms with Crippen LogP contribution in [0, 0.1) is 5.92 Å². The molecule has 1 unspecified atom stereocenters. The molecule has 1 aliphatic heterocycles. The standard InChI is InChI=1S/C26H30N4O8S2/c1-15(2)12-13-26(3)18-9-7-6-8-17(18)22(31)21(23(26)32)24-27-19-11-10-16(14-20(19)39(35,36)28-24)29(4)40(37,38)30(5)25(33)34/h6-11,14-15,31H,12-13H2,1-5H3,(H,27,28)(H,33,34). The molecule has 2 aromatic carbocycles. The monoisotopic (exact) mass is 590 g/mol. The van der Waals surface area contributed by atoms with Crippen LogP contribution in [0.15, 0.2) is 57.3 Å². The van der Waals surface area contributed by atoms with Crippen molar-refractivity contribution in [1.29, 1.82) is 0 Å². The highest BCUT2D eigenvalue weighted by Crippen LogP contribution is 2.44. The van der Waals surface area contributed by atoms with Crippen LogP contribution in [0.4, 0.5) is 16.2 Å². The van der Waals surface area contributed by atoms with Gasteiger partial charge in [-0.25, -0.2) is 4.79 Å². The van der Waals surface area contributed by atoms with E-state index in [0.717, 1.165) is 20.2 Å². The minimum Gasteiger partial charge on any atom is -0.506 e. The van der Waals surface area contributed by atoms with Crippen molar-refractivity contribution >= 4 is 55.1 Å². The first-order chi connectivity index (χ1) is 18.5. The molecule has 3 N–H and O–H groups in total. The number of amidine groups is 1. The fourth-order valence-electron chi connectivity index (χ4n) is 4.72.